The van der Waals surface area contributed by atoms with E-state index in [2.05, 4.69) is 31.1 Å². The Morgan fingerprint density at radius 3 is 2.50 bits per heavy atom. The lowest BCUT2D eigenvalue weighted by Crippen LogP contribution is -2.41. The third-order valence-corrected chi connectivity index (χ3v) is 3.43. The highest BCUT2D eigenvalue weighted by Crippen LogP contribution is 2.21. The van der Waals surface area contributed by atoms with Gasteiger partial charge < -0.3 is 10.2 Å². The van der Waals surface area contributed by atoms with Crippen molar-refractivity contribution in [3.8, 4) is 0 Å². The van der Waals surface area contributed by atoms with Crippen molar-refractivity contribution >= 4 is 0 Å². The summed E-state index contributed by atoms with van der Waals surface area (Å²) in [6, 6.07) is 0.637. The molecule has 0 saturated carbocycles. The van der Waals surface area contributed by atoms with E-state index in [1.165, 1.54) is 45.3 Å². The van der Waals surface area contributed by atoms with Crippen molar-refractivity contribution in [1.82, 2.24) is 10.2 Å². The van der Waals surface area contributed by atoms with Crippen molar-refractivity contribution in [2.24, 2.45) is 5.92 Å². The molecule has 1 unspecified atom stereocenters. The predicted molar refractivity (Wildman–Crippen MR) is 62.6 cm³/mol. The average molecular weight is 198 g/mol. The number of likely N-dealkylation sites (N-methyl/N-ethyl adjacent to an activating group) is 1. The van der Waals surface area contributed by atoms with Gasteiger partial charge in [0.2, 0.25) is 0 Å². The Morgan fingerprint density at radius 2 is 2.00 bits per heavy atom. The van der Waals surface area contributed by atoms with Crippen molar-refractivity contribution in [3.63, 3.8) is 0 Å². The summed E-state index contributed by atoms with van der Waals surface area (Å²) in [7, 11) is 2.05. The van der Waals surface area contributed by atoms with Gasteiger partial charge in [-0.1, -0.05) is 19.8 Å². The fourth-order valence-electron chi connectivity index (χ4n) is 2.34. The van der Waals surface area contributed by atoms with Gasteiger partial charge in [-0.25, -0.2) is 0 Å². The van der Waals surface area contributed by atoms with Gasteiger partial charge in [0.15, 0.2) is 0 Å². The zero-order chi connectivity index (χ0) is 10.4. The Hall–Kier alpha value is -0.0800. The van der Waals surface area contributed by atoms with Crippen molar-refractivity contribution in [2.75, 3.05) is 26.7 Å². The first-order chi connectivity index (χ1) is 6.76. The molecule has 1 aliphatic rings. The maximum Gasteiger partial charge on any atom is 0.0163 e. The zero-order valence-corrected chi connectivity index (χ0v) is 10.1. The van der Waals surface area contributed by atoms with Gasteiger partial charge in [-0.2, -0.15) is 0 Å². The molecule has 1 heterocycles. The molecule has 1 rings (SSSR count). The Bertz CT molecular complexity index is 139. The minimum atomic E-state index is 0.637. The highest BCUT2D eigenvalue weighted by molar-refractivity contribution is 4.74. The SMILES string of the molecule is CCCC1CCN(CC(C)NC)CC1. The van der Waals surface area contributed by atoms with Gasteiger partial charge >= 0.3 is 0 Å². The van der Waals surface area contributed by atoms with E-state index in [4.69, 9.17) is 0 Å². The molecule has 14 heavy (non-hydrogen) atoms. The van der Waals surface area contributed by atoms with Crippen LogP contribution in [0.2, 0.25) is 0 Å². The van der Waals surface area contributed by atoms with Crippen molar-refractivity contribution in [3.05, 3.63) is 0 Å². The van der Waals surface area contributed by atoms with Crippen LogP contribution >= 0.6 is 0 Å². The Labute approximate surface area is 89.1 Å². The first kappa shape index (κ1) is 12.0. The molecule has 1 fully saturated rings. The molecule has 1 aliphatic heterocycles. The lowest BCUT2D eigenvalue weighted by molar-refractivity contribution is 0.167. The number of nitrogens with one attached hydrogen (secondary N) is 1. The quantitative estimate of drug-likeness (QED) is 0.728. The number of hydrogen-bond acceptors (Lipinski definition) is 2. The van der Waals surface area contributed by atoms with Crippen molar-refractivity contribution in [1.29, 1.82) is 0 Å². The van der Waals surface area contributed by atoms with Crippen LogP contribution in [-0.2, 0) is 0 Å². The monoisotopic (exact) mass is 198 g/mol. The summed E-state index contributed by atoms with van der Waals surface area (Å²) in [6.07, 6.45) is 5.64. The van der Waals surface area contributed by atoms with E-state index in [1.54, 1.807) is 0 Å². The molecule has 1 saturated heterocycles. The van der Waals surface area contributed by atoms with Gasteiger partial charge in [-0.05, 0) is 45.8 Å². The van der Waals surface area contributed by atoms with Gasteiger partial charge in [0.1, 0.15) is 0 Å². The smallest absolute Gasteiger partial charge is 0.0163 e. The molecule has 0 aromatic rings. The summed E-state index contributed by atoms with van der Waals surface area (Å²) >= 11 is 0. The Kier molecular flexibility index (Phi) is 5.49. The van der Waals surface area contributed by atoms with E-state index >= 15 is 0 Å². The topological polar surface area (TPSA) is 15.3 Å². The average Bonchev–Trinajstić information content (AvgIpc) is 2.21. The van der Waals surface area contributed by atoms with Crippen LogP contribution in [0.4, 0.5) is 0 Å². The summed E-state index contributed by atoms with van der Waals surface area (Å²) < 4.78 is 0. The normalized spacial score (nSPS) is 22.5. The second-order valence-corrected chi connectivity index (χ2v) is 4.72. The third kappa shape index (κ3) is 3.97. The van der Waals surface area contributed by atoms with E-state index in [0.29, 0.717) is 6.04 Å². The fraction of sp³-hybridized carbons (Fsp3) is 1.00. The number of likely N-dealkylation sites (tertiary alicyclic amines) is 1. The molecule has 0 aromatic heterocycles. The van der Waals surface area contributed by atoms with Crippen LogP contribution in [0, 0.1) is 5.92 Å². The van der Waals surface area contributed by atoms with E-state index in [-0.39, 0.29) is 0 Å². The predicted octanol–water partition coefficient (Wildman–Crippen LogP) is 2.11. The summed E-state index contributed by atoms with van der Waals surface area (Å²) in [5.41, 5.74) is 0. The van der Waals surface area contributed by atoms with Crippen molar-refractivity contribution < 1.29 is 0 Å². The van der Waals surface area contributed by atoms with Gasteiger partial charge in [0.25, 0.3) is 0 Å². The van der Waals surface area contributed by atoms with Crippen LogP contribution in [-0.4, -0.2) is 37.6 Å². The standard InChI is InChI=1S/C12H26N2/c1-4-5-12-6-8-14(9-7-12)10-11(2)13-3/h11-13H,4-10H2,1-3H3. The first-order valence-corrected chi connectivity index (χ1v) is 6.15. The zero-order valence-electron chi connectivity index (χ0n) is 10.1. The van der Waals surface area contributed by atoms with E-state index in [9.17, 15) is 0 Å². The molecule has 0 spiro atoms. The van der Waals surface area contributed by atoms with Crippen LogP contribution in [0.25, 0.3) is 0 Å². The summed E-state index contributed by atoms with van der Waals surface area (Å²) in [5, 5.41) is 3.31. The maximum atomic E-state index is 3.31. The third-order valence-electron chi connectivity index (χ3n) is 3.43. The second kappa shape index (κ2) is 6.41. The summed E-state index contributed by atoms with van der Waals surface area (Å²) in [5.74, 6) is 1.01. The van der Waals surface area contributed by atoms with Gasteiger partial charge in [-0.15, -0.1) is 0 Å². The highest BCUT2D eigenvalue weighted by Gasteiger charge is 2.18. The molecular formula is C12H26N2. The van der Waals surface area contributed by atoms with Crippen LogP contribution < -0.4 is 5.32 Å². The second-order valence-electron chi connectivity index (χ2n) is 4.72. The molecule has 1 N–H and O–H groups in total. The fourth-order valence-corrected chi connectivity index (χ4v) is 2.34. The molecule has 84 valence electrons. The van der Waals surface area contributed by atoms with E-state index in [1.807, 2.05) is 0 Å². The Morgan fingerprint density at radius 1 is 1.36 bits per heavy atom. The van der Waals surface area contributed by atoms with E-state index < -0.39 is 0 Å². The lowest BCUT2D eigenvalue weighted by Gasteiger charge is -2.33. The number of piperidine rings is 1. The largest absolute Gasteiger partial charge is 0.316 e. The van der Waals surface area contributed by atoms with E-state index in [0.717, 1.165) is 5.92 Å². The maximum absolute atomic E-state index is 3.31. The van der Waals surface area contributed by atoms with Gasteiger partial charge in [-0.3, -0.25) is 0 Å². The van der Waals surface area contributed by atoms with Crippen LogP contribution in [0.3, 0.4) is 0 Å². The Balaban J connectivity index is 2.15. The molecular weight excluding hydrogens is 172 g/mol. The minimum absolute atomic E-state index is 0.637. The molecule has 0 aliphatic carbocycles. The van der Waals surface area contributed by atoms with Gasteiger partial charge in [0.05, 0.1) is 0 Å². The molecule has 2 heteroatoms. The summed E-state index contributed by atoms with van der Waals surface area (Å²) in [4.78, 5) is 2.60. The van der Waals surface area contributed by atoms with Crippen molar-refractivity contribution in [2.45, 2.75) is 45.6 Å². The lowest BCUT2D eigenvalue weighted by atomic mass is 9.92. The minimum Gasteiger partial charge on any atom is -0.316 e. The first-order valence-electron chi connectivity index (χ1n) is 6.15. The molecule has 0 bridgehead atoms. The van der Waals surface area contributed by atoms with Crippen LogP contribution in [0.15, 0.2) is 0 Å². The molecule has 0 amide bonds. The highest BCUT2D eigenvalue weighted by atomic mass is 15.1. The summed E-state index contributed by atoms with van der Waals surface area (Å²) in [6.45, 7) is 8.41. The van der Waals surface area contributed by atoms with Crippen LogP contribution in [0.5, 0.6) is 0 Å². The van der Waals surface area contributed by atoms with Crippen LogP contribution in [0.1, 0.15) is 39.5 Å². The number of rotatable bonds is 5. The molecule has 0 radical (unpaired) electrons. The van der Waals surface area contributed by atoms with Gasteiger partial charge in [0, 0.05) is 12.6 Å². The molecule has 2 nitrogen and oxygen atoms in total. The number of nitrogens with zero attached hydrogens (tertiary/aromatic N) is 1. The number of hydrogen-bond donors (Lipinski definition) is 1. The molecule has 0 aromatic carbocycles. The molecule has 1 atom stereocenters.